The number of aromatic nitrogens is 2. The van der Waals surface area contributed by atoms with Crippen LogP contribution in [0.1, 0.15) is 11.1 Å². The molecule has 2 aromatic heterocycles. The van der Waals surface area contributed by atoms with Crippen LogP contribution in [0.25, 0.3) is 16.3 Å². The van der Waals surface area contributed by atoms with Gasteiger partial charge in [0.25, 0.3) is 5.91 Å². The van der Waals surface area contributed by atoms with Crippen LogP contribution in [0.15, 0.2) is 79.1 Å². The lowest BCUT2D eigenvalue weighted by molar-refractivity contribution is -0.114. The van der Waals surface area contributed by atoms with E-state index in [0.717, 1.165) is 11.1 Å². The highest BCUT2D eigenvalue weighted by atomic mass is 32.1. The summed E-state index contributed by atoms with van der Waals surface area (Å²) >= 11 is 1.29. The van der Waals surface area contributed by atoms with Crippen molar-refractivity contribution in [1.29, 1.82) is 0 Å². The van der Waals surface area contributed by atoms with Gasteiger partial charge >= 0.3 is 0 Å². The molecule has 138 valence electrons. The zero-order chi connectivity index (χ0) is 19.3. The molecule has 0 fully saturated rings. The van der Waals surface area contributed by atoms with Crippen LogP contribution < -0.4 is 4.90 Å². The van der Waals surface area contributed by atoms with Crippen LogP contribution in [0, 0.1) is 5.82 Å². The molecule has 0 unspecified atom stereocenters. The molecule has 0 atom stereocenters. The Labute approximate surface area is 165 Å². The Morgan fingerprint density at radius 1 is 1.07 bits per heavy atom. The molecule has 4 aromatic rings. The number of pyridine rings is 1. The van der Waals surface area contributed by atoms with Crippen molar-refractivity contribution in [2.24, 2.45) is 0 Å². The topological polar surface area (TPSA) is 46.1 Å². The number of rotatable bonds is 5. The summed E-state index contributed by atoms with van der Waals surface area (Å²) in [5.74, 6) is -0.624. The van der Waals surface area contributed by atoms with E-state index in [2.05, 4.69) is 9.97 Å². The van der Waals surface area contributed by atoms with Gasteiger partial charge in [0.05, 0.1) is 11.2 Å². The summed E-state index contributed by atoms with van der Waals surface area (Å²) in [6.07, 6.45) is 6.65. The van der Waals surface area contributed by atoms with E-state index in [1.165, 1.54) is 23.5 Å². The van der Waals surface area contributed by atoms with Gasteiger partial charge in [0.1, 0.15) is 11.3 Å². The number of hydrogen-bond donors (Lipinski definition) is 0. The SMILES string of the molecule is O=C(C=Cc1ccccc1)N(Cc1cccnc1)c1nc2c(F)cccc2s1. The summed E-state index contributed by atoms with van der Waals surface area (Å²) in [7, 11) is 0. The molecule has 2 aromatic carbocycles. The summed E-state index contributed by atoms with van der Waals surface area (Å²) in [6.45, 7) is 0.299. The van der Waals surface area contributed by atoms with Crippen LogP contribution in [0.2, 0.25) is 0 Å². The minimum Gasteiger partial charge on any atom is -0.280 e. The van der Waals surface area contributed by atoms with E-state index in [1.54, 1.807) is 35.5 Å². The van der Waals surface area contributed by atoms with Crippen LogP contribution in [-0.4, -0.2) is 15.9 Å². The predicted octanol–water partition coefficient (Wildman–Crippen LogP) is 5.08. The molecule has 0 saturated carbocycles. The molecule has 28 heavy (non-hydrogen) atoms. The van der Waals surface area contributed by atoms with Gasteiger partial charge in [-0.3, -0.25) is 14.7 Å². The molecule has 0 N–H and O–H groups in total. The van der Waals surface area contributed by atoms with E-state index in [-0.39, 0.29) is 11.4 Å². The lowest BCUT2D eigenvalue weighted by atomic mass is 10.2. The number of halogens is 1. The standard InChI is InChI=1S/C22H16FN3OS/c23-18-9-4-10-19-21(18)25-22(28-19)26(15-17-8-5-13-24-14-17)20(27)12-11-16-6-2-1-3-7-16/h1-14H,15H2. The molecule has 0 spiro atoms. The quantitative estimate of drug-likeness (QED) is 0.447. The van der Waals surface area contributed by atoms with E-state index < -0.39 is 5.82 Å². The first kappa shape index (κ1) is 18.0. The van der Waals surface area contributed by atoms with E-state index in [9.17, 15) is 9.18 Å². The Morgan fingerprint density at radius 2 is 1.93 bits per heavy atom. The summed E-state index contributed by atoms with van der Waals surface area (Å²) in [5, 5.41) is 0.451. The largest absolute Gasteiger partial charge is 0.280 e. The number of hydrogen-bond acceptors (Lipinski definition) is 4. The van der Waals surface area contributed by atoms with Crippen molar-refractivity contribution in [2.75, 3.05) is 4.90 Å². The van der Waals surface area contributed by atoms with Gasteiger partial charge in [0.2, 0.25) is 0 Å². The van der Waals surface area contributed by atoms with E-state index in [4.69, 9.17) is 0 Å². The van der Waals surface area contributed by atoms with Gasteiger partial charge in [-0.25, -0.2) is 9.37 Å². The Morgan fingerprint density at radius 3 is 2.68 bits per heavy atom. The highest BCUT2D eigenvalue weighted by molar-refractivity contribution is 7.22. The first-order chi connectivity index (χ1) is 13.7. The Kier molecular flexibility index (Phi) is 5.21. The first-order valence-corrected chi connectivity index (χ1v) is 9.51. The molecule has 2 heterocycles. The van der Waals surface area contributed by atoms with Crippen LogP contribution in [0.5, 0.6) is 0 Å². The van der Waals surface area contributed by atoms with Crippen molar-refractivity contribution < 1.29 is 9.18 Å². The van der Waals surface area contributed by atoms with Crippen molar-refractivity contribution in [3.05, 3.63) is 96.1 Å². The fourth-order valence-electron chi connectivity index (χ4n) is 2.75. The maximum absolute atomic E-state index is 14.1. The Bertz CT molecular complexity index is 1130. The minimum absolute atomic E-state index is 0.229. The molecular weight excluding hydrogens is 373 g/mol. The molecule has 0 aliphatic rings. The number of fused-ring (bicyclic) bond motifs is 1. The van der Waals surface area contributed by atoms with Crippen molar-refractivity contribution in [3.63, 3.8) is 0 Å². The monoisotopic (exact) mass is 389 g/mol. The number of thiazole rings is 1. The molecule has 6 heteroatoms. The highest BCUT2D eigenvalue weighted by Gasteiger charge is 2.19. The number of nitrogens with zero attached hydrogens (tertiary/aromatic N) is 3. The minimum atomic E-state index is -0.395. The van der Waals surface area contributed by atoms with E-state index in [1.807, 2.05) is 42.5 Å². The normalized spacial score (nSPS) is 11.2. The first-order valence-electron chi connectivity index (χ1n) is 8.69. The lowest BCUT2D eigenvalue weighted by Crippen LogP contribution is -2.28. The molecule has 1 amide bonds. The number of carbonyl (C=O) groups is 1. The number of amides is 1. The Balaban J connectivity index is 1.69. The second-order valence-corrected chi connectivity index (χ2v) is 7.12. The van der Waals surface area contributed by atoms with E-state index >= 15 is 0 Å². The van der Waals surface area contributed by atoms with Crippen LogP contribution >= 0.6 is 11.3 Å². The third-order valence-electron chi connectivity index (χ3n) is 4.14. The lowest BCUT2D eigenvalue weighted by Gasteiger charge is -2.18. The van der Waals surface area contributed by atoms with Crippen molar-refractivity contribution >= 4 is 38.7 Å². The summed E-state index contributed by atoms with van der Waals surface area (Å²) in [5.41, 5.74) is 2.06. The van der Waals surface area contributed by atoms with Crippen molar-refractivity contribution in [2.45, 2.75) is 6.54 Å². The molecule has 0 saturated heterocycles. The van der Waals surface area contributed by atoms with Crippen LogP contribution in [0.4, 0.5) is 9.52 Å². The van der Waals surface area contributed by atoms with Crippen molar-refractivity contribution in [1.82, 2.24) is 9.97 Å². The van der Waals surface area contributed by atoms with Gasteiger partial charge in [-0.2, -0.15) is 0 Å². The number of para-hydroxylation sites is 1. The summed E-state index contributed by atoms with van der Waals surface area (Å²) in [4.78, 5) is 23.0. The number of anilines is 1. The fourth-order valence-corrected chi connectivity index (χ4v) is 3.74. The van der Waals surface area contributed by atoms with Gasteiger partial charge in [0.15, 0.2) is 5.13 Å². The molecule has 0 aliphatic carbocycles. The zero-order valence-corrected chi connectivity index (χ0v) is 15.6. The molecule has 4 rings (SSSR count). The average Bonchev–Trinajstić information content (AvgIpc) is 3.17. The van der Waals surface area contributed by atoms with Crippen LogP contribution in [-0.2, 0) is 11.3 Å². The molecule has 0 radical (unpaired) electrons. The summed E-state index contributed by atoms with van der Waals surface area (Å²) in [6, 6.07) is 18.1. The average molecular weight is 389 g/mol. The Hall–Kier alpha value is -3.38. The van der Waals surface area contributed by atoms with Gasteiger partial charge < -0.3 is 0 Å². The third-order valence-corrected chi connectivity index (χ3v) is 5.18. The van der Waals surface area contributed by atoms with Gasteiger partial charge in [0, 0.05) is 18.5 Å². The number of benzene rings is 2. The summed E-state index contributed by atoms with van der Waals surface area (Å²) < 4.78 is 14.8. The second kappa shape index (κ2) is 8.10. The van der Waals surface area contributed by atoms with Crippen molar-refractivity contribution in [3.8, 4) is 0 Å². The maximum atomic E-state index is 14.1. The zero-order valence-electron chi connectivity index (χ0n) is 14.8. The van der Waals surface area contributed by atoms with E-state index in [0.29, 0.717) is 16.4 Å². The number of carbonyl (C=O) groups excluding carboxylic acids is 1. The van der Waals surface area contributed by atoms with Gasteiger partial charge in [-0.05, 0) is 35.4 Å². The second-order valence-electron chi connectivity index (χ2n) is 6.11. The highest BCUT2D eigenvalue weighted by Crippen LogP contribution is 2.31. The fraction of sp³-hybridized carbons (Fsp3) is 0.0455. The molecular formula is C22H16FN3OS. The molecule has 0 aliphatic heterocycles. The third kappa shape index (κ3) is 3.97. The smallest absolute Gasteiger partial charge is 0.253 e. The maximum Gasteiger partial charge on any atom is 0.253 e. The molecule has 4 nitrogen and oxygen atoms in total. The molecule has 0 bridgehead atoms. The predicted molar refractivity (Wildman–Crippen MR) is 110 cm³/mol. The van der Waals surface area contributed by atoms with Gasteiger partial charge in [-0.1, -0.05) is 53.8 Å². The van der Waals surface area contributed by atoms with Crippen LogP contribution in [0.3, 0.4) is 0 Å². The van der Waals surface area contributed by atoms with Gasteiger partial charge in [-0.15, -0.1) is 0 Å².